The average molecular weight is 842 g/mol. The molecule has 1 fully saturated rings. The lowest BCUT2D eigenvalue weighted by Crippen LogP contribution is -2.45. The standard InChI is InChI=1S/C29H34N2O6.C22H25NO2/c1-19(2)18-36-29(34)31-14-12-24(28(32)33)25(17-31)22-10-7-11-23(16-22)35-15-13-26-20(3)37-27(30-26)21-8-5-4-6-9-21;1-17(24)22-12-13-23(15-19-6-4-3-5-7-19)16-20(22)14-18-8-10-21(25-2)11-9-18/h4-11,16,19,24-25H,12-15,17-18H2,1-3H3,(H,32,33);3-11H,12-16H2,1-2H3/t24-,25?;/m0./s1. The zero-order valence-electron chi connectivity index (χ0n) is 36.5. The largest absolute Gasteiger partial charge is 0.497 e. The SMILES string of the molecule is COc1ccc(CC2=C(C(C)=O)CCN(Cc3ccccc3)C2)cc1.Cc1oc(-c2ccccc2)nc1CCOc1cccc(C2CN(C(=O)OCC(C)C)CC[C@@H]2C(=O)O)c1. The van der Waals surface area contributed by atoms with Crippen LogP contribution in [0.3, 0.4) is 0 Å². The van der Waals surface area contributed by atoms with E-state index in [0.717, 1.165) is 66.4 Å². The molecule has 326 valence electrons. The van der Waals surface area contributed by atoms with Crippen molar-refractivity contribution in [1.82, 2.24) is 14.8 Å². The van der Waals surface area contributed by atoms with Crippen molar-refractivity contribution in [2.75, 3.05) is 46.5 Å². The van der Waals surface area contributed by atoms with Gasteiger partial charge in [0.2, 0.25) is 5.89 Å². The molecule has 0 radical (unpaired) electrons. The molecule has 11 nitrogen and oxygen atoms in total. The molecule has 1 amide bonds. The number of amides is 1. The number of aryl methyl sites for hydroxylation is 1. The number of Topliss-reactive ketones (excluding diaryl/α,β-unsaturated/α-hetero) is 1. The van der Waals surface area contributed by atoms with Crippen LogP contribution in [0.15, 0.2) is 125 Å². The van der Waals surface area contributed by atoms with E-state index in [9.17, 15) is 19.5 Å². The van der Waals surface area contributed by atoms with E-state index in [2.05, 4.69) is 46.3 Å². The summed E-state index contributed by atoms with van der Waals surface area (Å²) < 4.78 is 22.5. The minimum atomic E-state index is -0.859. The minimum Gasteiger partial charge on any atom is -0.497 e. The van der Waals surface area contributed by atoms with E-state index in [0.29, 0.717) is 44.2 Å². The zero-order chi connectivity index (χ0) is 44.0. The maximum absolute atomic E-state index is 12.5. The van der Waals surface area contributed by atoms with Gasteiger partial charge < -0.3 is 28.6 Å². The van der Waals surface area contributed by atoms with Gasteiger partial charge in [0.05, 0.1) is 31.9 Å². The number of methoxy groups -OCH3 is 1. The molecule has 62 heavy (non-hydrogen) atoms. The Morgan fingerprint density at radius 1 is 0.887 bits per heavy atom. The second-order valence-electron chi connectivity index (χ2n) is 16.4. The minimum absolute atomic E-state index is 0.211. The number of aromatic nitrogens is 1. The van der Waals surface area contributed by atoms with Crippen molar-refractivity contribution in [3.63, 3.8) is 0 Å². The van der Waals surface area contributed by atoms with Gasteiger partial charge in [0.25, 0.3) is 0 Å². The molecule has 1 saturated heterocycles. The average Bonchev–Trinajstić information content (AvgIpc) is 3.66. The third kappa shape index (κ3) is 12.7. The lowest BCUT2D eigenvalue weighted by atomic mass is 9.81. The van der Waals surface area contributed by atoms with E-state index < -0.39 is 18.0 Å². The van der Waals surface area contributed by atoms with Gasteiger partial charge in [-0.1, -0.05) is 86.6 Å². The molecule has 4 aromatic carbocycles. The number of rotatable bonds is 15. The number of ketones is 1. The van der Waals surface area contributed by atoms with Gasteiger partial charge in [0, 0.05) is 50.6 Å². The second kappa shape index (κ2) is 22.1. The van der Waals surface area contributed by atoms with Gasteiger partial charge >= 0.3 is 12.1 Å². The van der Waals surface area contributed by atoms with Crippen LogP contribution in [-0.2, 0) is 33.7 Å². The molecule has 1 unspecified atom stereocenters. The maximum atomic E-state index is 12.5. The molecule has 2 atom stereocenters. The molecule has 1 aromatic heterocycles. The molecule has 2 aliphatic rings. The third-order valence-electron chi connectivity index (χ3n) is 11.3. The van der Waals surface area contributed by atoms with E-state index in [-0.39, 0.29) is 24.2 Å². The van der Waals surface area contributed by atoms with Crippen LogP contribution < -0.4 is 9.47 Å². The number of benzene rings is 4. The molecule has 2 aliphatic heterocycles. The highest BCUT2D eigenvalue weighted by Gasteiger charge is 2.37. The van der Waals surface area contributed by atoms with Gasteiger partial charge in [-0.15, -0.1) is 0 Å². The fourth-order valence-corrected chi connectivity index (χ4v) is 7.99. The molecule has 0 saturated carbocycles. The Labute approximate surface area is 365 Å². The van der Waals surface area contributed by atoms with E-state index in [1.165, 1.54) is 16.7 Å². The summed E-state index contributed by atoms with van der Waals surface area (Å²) in [6.07, 6.45) is 2.21. The number of carbonyl (C=O) groups excluding carboxylic acids is 2. The fourth-order valence-electron chi connectivity index (χ4n) is 7.99. The first-order chi connectivity index (χ1) is 30.0. The number of oxazole rings is 1. The molecule has 1 N–H and O–H groups in total. The first kappa shape index (κ1) is 45.3. The highest BCUT2D eigenvalue weighted by molar-refractivity contribution is 5.94. The van der Waals surface area contributed by atoms with Crippen molar-refractivity contribution < 1.29 is 38.1 Å². The first-order valence-corrected chi connectivity index (χ1v) is 21.5. The summed E-state index contributed by atoms with van der Waals surface area (Å²) in [4.78, 5) is 45.3. The van der Waals surface area contributed by atoms with E-state index in [4.69, 9.17) is 18.6 Å². The number of piperidine rings is 1. The summed E-state index contributed by atoms with van der Waals surface area (Å²) in [5, 5.41) is 9.84. The van der Waals surface area contributed by atoms with Crippen molar-refractivity contribution >= 4 is 17.8 Å². The van der Waals surface area contributed by atoms with Crippen molar-refractivity contribution in [3.05, 3.63) is 148 Å². The molecule has 0 spiro atoms. The molecular weight excluding hydrogens is 783 g/mol. The summed E-state index contributed by atoms with van der Waals surface area (Å²) in [7, 11) is 1.67. The predicted molar refractivity (Wildman–Crippen MR) is 239 cm³/mol. The normalized spacial score (nSPS) is 16.6. The Morgan fingerprint density at radius 2 is 1.61 bits per heavy atom. The Hall–Kier alpha value is -6.20. The van der Waals surface area contributed by atoms with Gasteiger partial charge in [-0.2, -0.15) is 0 Å². The molecular formula is C51H59N3O8. The van der Waals surface area contributed by atoms with Crippen LogP contribution in [-0.4, -0.2) is 84.2 Å². The molecule has 0 aliphatic carbocycles. The van der Waals surface area contributed by atoms with Crippen LogP contribution in [0.25, 0.3) is 11.5 Å². The highest BCUT2D eigenvalue weighted by atomic mass is 16.6. The van der Waals surface area contributed by atoms with Gasteiger partial charge in [-0.25, -0.2) is 9.78 Å². The smallest absolute Gasteiger partial charge is 0.409 e. The second-order valence-corrected chi connectivity index (χ2v) is 16.4. The fraction of sp³-hybridized carbons (Fsp3) is 0.373. The quantitative estimate of drug-likeness (QED) is 0.109. The van der Waals surface area contributed by atoms with E-state index in [1.54, 1.807) is 18.9 Å². The summed E-state index contributed by atoms with van der Waals surface area (Å²) >= 11 is 0. The van der Waals surface area contributed by atoms with Crippen LogP contribution in [0.2, 0.25) is 0 Å². The molecule has 0 bridgehead atoms. The van der Waals surface area contributed by atoms with Crippen LogP contribution in [0.4, 0.5) is 4.79 Å². The number of carboxylic acid groups (broad SMARTS) is 1. The van der Waals surface area contributed by atoms with Crippen LogP contribution in [0.5, 0.6) is 11.5 Å². The van der Waals surface area contributed by atoms with Crippen LogP contribution in [0, 0.1) is 18.8 Å². The third-order valence-corrected chi connectivity index (χ3v) is 11.3. The summed E-state index contributed by atoms with van der Waals surface area (Å²) in [6, 6.07) is 35.9. The maximum Gasteiger partial charge on any atom is 0.409 e. The first-order valence-electron chi connectivity index (χ1n) is 21.5. The predicted octanol–water partition coefficient (Wildman–Crippen LogP) is 9.58. The van der Waals surface area contributed by atoms with Crippen molar-refractivity contribution in [2.45, 2.75) is 65.8 Å². The van der Waals surface area contributed by atoms with Crippen molar-refractivity contribution in [3.8, 4) is 23.0 Å². The molecule has 5 aromatic rings. The number of hydrogen-bond acceptors (Lipinski definition) is 9. The monoisotopic (exact) mass is 841 g/mol. The Bertz CT molecular complexity index is 2270. The molecule has 11 heteroatoms. The Morgan fingerprint density at radius 3 is 2.29 bits per heavy atom. The Kier molecular flexibility index (Phi) is 16.1. The van der Waals surface area contributed by atoms with Gasteiger partial charge in [-0.05, 0) is 103 Å². The molecule has 7 rings (SSSR count). The number of likely N-dealkylation sites (tertiary alicyclic amines) is 1. The van der Waals surface area contributed by atoms with Crippen LogP contribution in [0.1, 0.15) is 67.7 Å². The number of aliphatic carboxylic acids is 1. The van der Waals surface area contributed by atoms with Crippen molar-refractivity contribution in [2.24, 2.45) is 11.8 Å². The van der Waals surface area contributed by atoms with Crippen LogP contribution >= 0.6 is 0 Å². The van der Waals surface area contributed by atoms with Gasteiger partial charge in [-0.3, -0.25) is 14.5 Å². The number of ether oxygens (including phenoxy) is 3. The van der Waals surface area contributed by atoms with E-state index in [1.807, 2.05) is 93.6 Å². The topological polar surface area (TPSA) is 132 Å². The summed E-state index contributed by atoms with van der Waals surface area (Å²) in [5.41, 5.74) is 7.39. The number of carbonyl (C=O) groups is 3. The van der Waals surface area contributed by atoms with E-state index >= 15 is 0 Å². The lowest BCUT2D eigenvalue weighted by Gasteiger charge is -2.36. The summed E-state index contributed by atoms with van der Waals surface area (Å²) in [6.45, 7) is 11.6. The number of carboxylic acids is 1. The lowest BCUT2D eigenvalue weighted by molar-refractivity contribution is -0.144. The Balaban J connectivity index is 0.000000223. The highest BCUT2D eigenvalue weighted by Crippen LogP contribution is 2.35. The number of nitrogens with zero attached hydrogens (tertiary/aromatic N) is 3. The van der Waals surface area contributed by atoms with Crippen molar-refractivity contribution in [1.29, 1.82) is 0 Å². The number of hydrogen-bond donors (Lipinski definition) is 1. The van der Waals surface area contributed by atoms with Gasteiger partial charge in [0.15, 0.2) is 5.78 Å². The summed E-state index contributed by atoms with van der Waals surface area (Å²) in [5.74, 6) is 1.49. The zero-order valence-corrected chi connectivity index (χ0v) is 36.5. The molecule has 3 heterocycles. The van der Waals surface area contributed by atoms with Gasteiger partial charge in [0.1, 0.15) is 17.3 Å².